The van der Waals surface area contributed by atoms with Crippen LogP contribution < -0.4 is 10.6 Å². The largest absolute Gasteiger partial charge is 0.345 e. The molecule has 0 spiro atoms. The highest BCUT2D eigenvalue weighted by Crippen LogP contribution is 2.35. The van der Waals surface area contributed by atoms with Crippen molar-refractivity contribution in [1.82, 2.24) is 24.7 Å². The van der Waals surface area contributed by atoms with E-state index in [9.17, 15) is 5.26 Å². The van der Waals surface area contributed by atoms with Crippen molar-refractivity contribution in [3.8, 4) is 17.2 Å². The second kappa shape index (κ2) is 7.68. The van der Waals surface area contributed by atoms with Gasteiger partial charge in [-0.3, -0.25) is 4.68 Å². The molecule has 6 rings (SSSR count). The number of fused-ring (bicyclic) bond motifs is 2. The van der Waals surface area contributed by atoms with Crippen LogP contribution in [0.1, 0.15) is 28.2 Å². The van der Waals surface area contributed by atoms with Gasteiger partial charge < -0.3 is 15.6 Å². The number of piperidine rings is 1. The Bertz CT molecular complexity index is 1650. The van der Waals surface area contributed by atoms with Crippen molar-refractivity contribution < 1.29 is 4.11 Å². The molecule has 0 saturated carbocycles. The van der Waals surface area contributed by atoms with Crippen LogP contribution in [0.25, 0.3) is 33.1 Å². The molecule has 1 saturated heterocycles. The average Bonchev–Trinajstić information content (AvgIpc) is 3.53. The summed E-state index contributed by atoms with van der Waals surface area (Å²) >= 11 is 0. The third kappa shape index (κ3) is 3.21. The molecule has 8 nitrogen and oxygen atoms in total. The van der Waals surface area contributed by atoms with Gasteiger partial charge in [0.25, 0.3) is 0 Å². The van der Waals surface area contributed by atoms with Gasteiger partial charge in [-0.2, -0.15) is 15.3 Å². The first-order valence-corrected chi connectivity index (χ1v) is 11.1. The Morgan fingerprint density at radius 2 is 1.97 bits per heavy atom. The highest BCUT2D eigenvalue weighted by molar-refractivity contribution is 5.99. The number of hydrogen-bond acceptors (Lipinski definition) is 6. The monoisotopic (exact) mass is 451 g/mol. The third-order valence-electron chi connectivity index (χ3n) is 6.79. The third-order valence-corrected chi connectivity index (χ3v) is 6.79. The molecule has 0 atom stereocenters. The summed E-state index contributed by atoms with van der Waals surface area (Å²) < 4.78 is 24.0. The lowest BCUT2D eigenvalue weighted by molar-refractivity contribution is 0.340. The topological polar surface area (TPSA) is 112 Å². The van der Waals surface area contributed by atoms with Gasteiger partial charge in [0.2, 0.25) is 5.95 Å². The Balaban J connectivity index is 1.33. The second-order valence-electron chi connectivity index (χ2n) is 8.75. The summed E-state index contributed by atoms with van der Waals surface area (Å²) in [5.74, 6) is 0.502. The predicted octanol–water partition coefficient (Wildman–Crippen LogP) is 3.84. The molecular formula is C26H24N8. The van der Waals surface area contributed by atoms with Gasteiger partial charge in [-0.05, 0) is 36.1 Å². The fraction of sp³-hybridized carbons (Fsp3) is 0.231. The lowest BCUT2D eigenvalue weighted by atomic mass is 9.82. The molecule has 0 aliphatic carbocycles. The van der Waals surface area contributed by atoms with Gasteiger partial charge in [-0.1, -0.05) is 36.4 Å². The van der Waals surface area contributed by atoms with Crippen molar-refractivity contribution in [1.29, 1.82) is 5.26 Å². The number of nitrogens with one attached hydrogen (secondary N) is 1. The summed E-state index contributed by atoms with van der Waals surface area (Å²) in [6.07, 6.45) is 4.83. The SMILES string of the molecule is [2H]C([2H])([2H])n1ncc2cc(-c3c[nH]c4nc(N5CCC(N)(c6ccccc6)CC5)nc(C#N)c34)ccc21. The molecule has 3 N–H and O–H groups in total. The first-order valence-electron chi connectivity index (χ1n) is 12.6. The maximum atomic E-state index is 9.98. The van der Waals surface area contributed by atoms with E-state index in [1.807, 2.05) is 30.3 Å². The highest BCUT2D eigenvalue weighted by atomic mass is 15.3. The number of hydrogen-bond donors (Lipinski definition) is 2. The van der Waals surface area contributed by atoms with Crippen LogP contribution in [0, 0.1) is 11.3 Å². The quantitative estimate of drug-likeness (QED) is 0.431. The normalized spacial score (nSPS) is 17.3. The number of rotatable bonds is 3. The van der Waals surface area contributed by atoms with Crippen LogP contribution in [0.15, 0.2) is 60.9 Å². The standard InChI is InChI=1S/C26H24N8/c1-33-22-8-7-17(13-18(22)15-30-33)20-16-29-24-23(20)21(14-27)31-25(32-24)34-11-9-26(28,10-12-34)19-5-3-2-4-6-19/h2-8,13,15-16H,9-12,28H2,1H3,(H,29,31,32)/i1D3. The van der Waals surface area contributed by atoms with Crippen LogP contribution in [-0.4, -0.2) is 37.8 Å². The molecular weight excluding hydrogens is 424 g/mol. The van der Waals surface area contributed by atoms with E-state index in [-0.39, 0.29) is 5.69 Å². The highest BCUT2D eigenvalue weighted by Gasteiger charge is 2.33. The molecule has 0 radical (unpaired) electrons. The van der Waals surface area contributed by atoms with E-state index in [2.05, 4.69) is 38.2 Å². The molecule has 1 fully saturated rings. The fourth-order valence-electron chi connectivity index (χ4n) is 4.84. The molecule has 0 unspecified atom stereocenters. The van der Waals surface area contributed by atoms with Gasteiger partial charge in [-0.15, -0.1) is 0 Å². The van der Waals surface area contributed by atoms with Crippen LogP contribution in [-0.2, 0) is 12.5 Å². The van der Waals surface area contributed by atoms with Crippen molar-refractivity contribution in [3.63, 3.8) is 0 Å². The number of nitriles is 1. The Labute approximate surface area is 200 Å². The number of nitrogens with two attached hydrogens (primary N) is 1. The lowest BCUT2D eigenvalue weighted by Gasteiger charge is -2.39. The average molecular weight is 452 g/mol. The number of H-pyrrole nitrogens is 1. The molecule has 8 heteroatoms. The van der Waals surface area contributed by atoms with E-state index >= 15 is 0 Å². The van der Waals surface area contributed by atoms with Crippen molar-refractivity contribution in [2.45, 2.75) is 18.4 Å². The lowest BCUT2D eigenvalue weighted by Crippen LogP contribution is -2.48. The number of anilines is 1. The van der Waals surface area contributed by atoms with Crippen LogP contribution in [0.2, 0.25) is 0 Å². The van der Waals surface area contributed by atoms with Crippen molar-refractivity contribution >= 4 is 27.9 Å². The van der Waals surface area contributed by atoms with Crippen molar-refractivity contribution in [2.24, 2.45) is 12.7 Å². The van der Waals surface area contributed by atoms with Crippen molar-refractivity contribution in [3.05, 3.63) is 72.2 Å². The molecule has 4 heterocycles. The molecule has 5 aromatic rings. The second-order valence-corrected chi connectivity index (χ2v) is 8.75. The summed E-state index contributed by atoms with van der Waals surface area (Å²) in [6.45, 7) is -1.000. The summed E-state index contributed by atoms with van der Waals surface area (Å²) in [5, 5.41) is 15.3. The maximum Gasteiger partial charge on any atom is 0.228 e. The Kier molecular flexibility index (Phi) is 3.90. The number of aromatic nitrogens is 5. The Hall–Kier alpha value is -4.22. The van der Waals surface area contributed by atoms with Gasteiger partial charge in [0, 0.05) is 46.9 Å². The molecule has 0 bridgehead atoms. The van der Waals surface area contributed by atoms with Gasteiger partial charge in [-0.25, -0.2) is 4.98 Å². The zero-order chi connectivity index (χ0) is 25.8. The van der Waals surface area contributed by atoms with Gasteiger partial charge in [0.1, 0.15) is 11.7 Å². The number of benzene rings is 2. The van der Waals surface area contributed by atoms with E-state index < -0.39 is 12.5 Å². The molecule has 3 aromatic heterocycles. The van der Waals surface area contributed by atoms with E-state index in [1.165, 1.54) is 6.20 Å². The Morgan fingerprint density at radius 3 is 2.74 bits per heavy atom. The minimum absolute atomic E-state index is 0.280. The van der Waals surface area contributed by atoms with E-state index in [4.69, 9.17) is 14.8 Å². The molecule has 2 aromatic carbocycles. The number of aryl methyl sites for hydroxylation is 1. The number of nitrogens with zero attached hydrogens (tertiary/aromatic N) is 6. The summed E-state index contributed by atoms with van der Waals surface area (Å²) in [4.78, 5) is 14.6. The van der Waals surface area contributed by atoms with Crippen molar-refractivity contribution in [2.75, 3.05) is 18.0 Å². The molecule has 1 aliphatic rings. The van der Waals surface area contributed by atoms with Gasteiger partial charge in [0.15, 0.2) is 5.69 Å². The van der Waals surface area contributed by atoms with Gasteiger partial charge >= 0.3 is 0 Å². The zero-order valence-corrected chi connectivity index (χ0v) is 18.4. The smallest absolute Gasteiger partial charge is 0.228 e. The molecule has 34 heavy (non-hydrogen) atoms. The number of aromatic amines is 1. The minimum atomic E-state index is -2.36. The Morgan fingerprint density at radius 1 is 1.15 bits per heavy atom. The summed E-state index contributed by atoms with van der Waals surface area (Å²) in [5.41, 5.74) is 10.4. The van der Waals surface area contributed by atoms with Crippen LogP contribution in [0.4, 0.5) is 5.95 Å². The maximum absolute atomic E-state index is 9.98. The fourth-order valence-corrected chi connectivity index (χ4v) is 4.84. The van der Waals surface area contributed by atoms with E-state index in [1.54, 1.807) is 12.3 Å². The molecule has 1 aliphatic heterocycles. The van der Waals surface area contributed by atoms with Gasteiger partial charge in [0.05, 0.1) is 17.1 Å². The molecule has 168 valence electrons. The summed E-state index contributed by atoms with van der Waals surface area (Å²) in [7, 11) is 0. The molecule has 0 amide bonds. The van der Waals surface area contributed by atoms with Crippen LogP contribution in [0.5, 0.6) is 0 Å². The van der Waals surface area contributed by atoms with Crippen LogP contribution >= 0.6 is 0 Å². The summed E-state index contributed by atoms with van der Waals surface area (Å²) in [6, 6.07) is 17.8. The first-order chi connectivity index (χ1) is 17.8. The minimum Gasteiger partial charge on any atom is -0.345 e. The van der Waals surface area contributed by atoms with E-state index in [0.717, 1.165) is 34.2 Å². The van der Waals surface area contributed by atoms with E-state index in [0.29, 0.717) is 41.0 Å². The van der Waals surface area contributed by atoms with Crippen LogP contribution in [0.3, 0.4) is 0 Å². The predicted molar refractivity (Wildman–Crippen MR) is 132 cm³/mol. The zero-order valence-electron chi connectivity index (χ0n) is 21.4. The first kappa shape index (κ1) is 17.3.